The van der Waals surface area contributed by atoms with Crippen LogP contribution in [0.2, 0.25) is 0 Å². The molecule has 21 heavy (non-hydrogen) atoms. The van der Waals surface area contributed by atoms with Gasteiger partial charge in [-0.15, -0.1) is 0 Å². The van der Waals surface area contributed by atoms with Gasteiger partial charge < -0.3 is 5.32 Å². The molecule has 3 heteroatoms. The van der Waals surface area contributed by atoms with Crippen molar-refractivity contribution in [2.24, 2.45) is 11.3 Å². The number of hydrogen-bond donors (Lipinski definition) is 1. The quantitative estimate of drug-likeness (QED) is 0.816. The maximum absolute atomic E-state index is 4.80. The molecule has 1 aromatic heterocycles. The first-order valence-corrected chi connectivity index (χ1v) is 8.75. The number of aromatic nitrogens is 2. The van der Waals surface area contributed by atoms with Crippen molar-refractivity contribution in [2.45, 2.75) is 78.8 Å². The summed E-state index contributed by atoms with van der Waals surface area (Å²) in [5.41, 5.74) is 1.70. The average molecular weight is 291 g/mol. The smallest absolute Gasteiger partial charge is 0.0640 e. The number of rotatable bonds is 7. The number of nitrogens with zero attached hydrogens (tertiary/aromatic N) is 2. The molecule has 0 saturated heterocycles. The molecule has 0 radical (unpaired) electrons. The van der Waals surface area contributed by atoms with Gasteiger partial charge >= 0.3 is 0 Å². The Morgan fingerprint density at radius 2 is 2.19 bits per heavy atom. The van der Waals surface area contributed by atoms with Crippen molar-refractivity contribution in [3.63, 3.8) is 0 Å². The Morgan fingerprint density at radius 3 is 2.76 bits per heavy atom. The molecule has 3 unspecified atom stereocenters. The summed E-state index contributed by atoms with van der Waals surface area (Å²) in [7, 11) is 0. The van der Waals surface area contributed by atoms with E-state index in [0.717, 1.165) is 25.3 Å². The van der Waals surface area contributed by atoms with E-state index in [0.29, 0.717) is 17.5 Å². The van der Waals surface area contributed by atoms with Crippen LogP contribution in [0, 0.1) is 11.3 Å². The molecule has 1 aromatic rings. The van der Waals surface area contributed by atoms with Crippen LogP contribution in [-0.4, -0.2) is 22.4 Å². The highest BCUT2D eigenvalue weighted by Gasteiger charge is 2.39. The van der Waals surface area contributed by atoms with Gasteiger partial charge in [0.15, 0.2) is 0 Å². The molecule has 1 saturated carbocycles. The zero-order valence-electron chi connectivity index (χ0n) is 14.5. The number of nitrogens with one attached hydrogen (secondary N) is 1. The Balaban J connectivity index is 2.07. The van der Waals surface area contributed by atoms with Gasteiger partial charge in [0.25, 0.3) is 0 Å². The van der Waals surface area contributed by atoms with Crippen LogP contribution < -0.4 is 5.32 Å². The average Bonchev–Trinajstić information content (AvgIpc) is 3.03. The van der Waals surface area contributed by atoms with Gasteiger partial charge in [0.1, 0.15) is 0 Å². The van der Waals surface area contributed by atoms with Crippen LogP contribution in [0.25, 0.3) is 0 Å². The molecular formula is C18H33N3. The van der Waals surface area contributed by atoms with Gasteiger partial charge in [-0.05, 0) is 50.1 Å². The van der Waals surface area contributed by atoms with Gasteiger partial charge in [0, 0.05) is 24.7 Å². The second kappa shape index (κ2) is 6.95. The third-order valence-corrected chi connectivity index (χ3v) is 5.43. The van der Waals surface area contributed by atoms with Gasteiger partial charge in [-0.3, -0.25) is 4.68 Å². The summed E-state index contributed by atoms with van der Waals surface area (Å²) in [6.07, 6.45) is 8.43. The monoisotopic (exact) mass is 291 g/mol. The summed E-state index contributed by atoms with van der Waals surface area (Å²) < 4.78 is 2.12. The minimum absolute atomic E-state index is 0.464. The Morgan fingerprint density at radius 1 is 1.43 bits per heavy atom. The third-order valence-electron chi connectivity index (χ3n) is 5.43. The Hall–Kier alpha value is -0.830. The van der Waals surface area contributed by atoms with Crippen LogP contribution in [0.15, 0.2) is 12.3 Å². The van der Waals surface area contributed by atoms with Crippen molar-refractivity contribution < 1.29 is 0 Å². The summed E-state index contributed by atoms with van der Waals surface area (Å²) in [6, 6.07) is 3.27. The van der Waals surface area contributed by atoms with Crippen LogP contribution in [0.1, 0.15) is 72.0 Å². The fourth-order valence-electron chi connectivity index (χ4n) is 3.86. The maximum atomic E-state index is 4.80. The van der Waals surface area contributed by atoms with Crippen LogP contribution >= 0.6 is 0 Å². The van der Waals surface area contributed by atoms with E-state index in [-0.39, 0.29) is 0 Å². The first-order valence-electron chi connectivity index (χ1n) is 8.75. The molecule has 0 aliphatic heterocycles. The summed E-state index contributed by atoms with van der Waals surface area (Å²) in [5, 5.41) is 8.53. The minimum atomic E-state index is 0.464. The molecule has 1 fully saturated rings. The molecule has 3 nitrogen and oxygen atoms in total. The largest absolute Gasteiger partial charge is 0.314 e. The highest BCUT2D eigenvalue weighted by Crippen LogP contribution is 2.44. The van der Waals surface area contributed by atoms with Crippen molar-refractivity contribution in [3.8, 4) is 0 Å². The van der Waals surface area contributed by atoms with E-state index >= 15 is 0 Å². The van der Waals surface area contributed by atoms with Crippen LogP contribution in [0.5, 0.6) is 0 Å². The van der Waals surface area contributed by atoms with Gasteiger partial charge in [0.05, 0.1) is 5.69 Å². The van der Waals surface area contributed by atoms with Crippen molar-refractivity contribution in [2.75, 3.05) is 6.54 Å². The highest BCUT2D eigenvalue weighted by atomic mass is 15.3. The SMILES string of the molecule is CCNC(Cc1ccn(C(C)CC)n1)C1CCCC1(C)C. The molecule has 0 spiro atoms. The van der Waals surface area contributed by atoms with E-state index < -0.39 is 0 Å². The van der Waals surface area contributed by atoms with E-state index in [4.69, 9.17) is 5.10 Å². The van der Waals surface area contributed by atoms with Crippen LogP contribution in [0.3, 0.4) is 0 Å². The summed E-state index contributed by atoms with van der Waals surface area (Å²) in [5.74, 6) is 0.770. The number of hydrogen-bond acceptors (Lipinski definition) is 2. The van der Waals surface area contributed by atoms with E-state index in [1.807, 2.05) is 0 Å². The maximum Gasteiger partial charge on any atom is 0.0640 e. The molecule has 0 aromatic carbocycles. The van der Waals surface area contributed by atoms with E-state index in [1.54, 1.807) is 0 Å². The summed E-state index contributed by atoms with van der Waals surface area (Å²) in [6.45, 7) is 12.6. The second-order valence-corrected chi connectivity index (χ2v) is 7.40. The highest BCUT2D eigenvalue weighted by molar-refractivity contribution is 5.05. The molecule has 1 aliphatic rings. The summed E-state index contributed by atoms with van der Waals surface area (Å²) >= 11 is 0. The molecule has 0 amide bonds. The molecular weight excluding hydrogens is 258 g/mol. The lowest BCUT2D eigenvalue weighted by Crippen LogP contribution is -2.42. The van der Waals surface area contributed by atoms with Crippen LogP contribution in [0.4, 0.5) is 0 Å². The molecule has 1 aliphatic carbocycles. The van der Waals surface area contributed by atoms with Gasteiger partial charge in [0.2, 0.25) is 0 Å². The Labute approximate surface area is 130 Å². The first-order chi connectivity index (χ1) is 9.97. The molecule has 3 atom stereocenters. The first kappa shape index (κ1) is 16.5. The van der Waals surface area contributed by atoms with Gasteiger partial charge in [-0.1, -0.05) is 34.1 Å². The standard InChI is InChI=1S/C18H33N3/c1-6-14(3)21-12-10-15(20-21)13-17(19-7-2)16-9-8-11-18(16,4)5/h10,12,14,16-17,19H,6-9,11,13H2,1-5H3. The van der Waals surface area contributed by atoms with E-state index in [9.17, 15) is 0 Å². The lowest BCUT2D eigenvalue weighted by atomic mass is 9.76. The number of likely N-dealkylation sites (N-methyl/N-ethyl adjacent to an activating group) is 1. The lowest BCUT2D eigenvalue weighted by Gasteiger charge is -2.34. The lowest BCUT2D eigenvalue weighted by molar-refractivity contribution is 0.196. The van der Waals surface area contributed by atoms with Crippen molar-refractivity contribution >= 4 is 0 Å². The second-order valence-electron chi connectivity index (χ2n) is 7.40. The molecule has 0 bridgehead atoms. The fraction of sp³-hybridized carbons (Fsp3) is 0.833. The molecule has 120 valence electrons. The molecule has 1 heterocycles. The van der Waals surface area contributed by atoms with Gasteiger partial charge in [-0.25, -0.2) is 0 Å². The predicted octanol–water partition coefficient (Wildman–Crippen LogP) is 4.20. The normalized spacial score (nSPS) is 24.1. The molecule has 1 N–H and O–H groups in total. The minimum Gasteiger partial charge on any atom is -0.314 e. The van der Waals surface area contributed by atoms with Crippen molar-refractivity contribution in [3.05, 3.63) is 18.0 Å². The van der Waals surface area contributed by atoms with E-state index in [2.05, 4.69) is 56.9 Å². The van der Waals surface area contributed by atoms with Crippen molar-refractivity contribution in [1.29, 1.82) is 0 Å². The van der Waals surface area contributed by atoms with Gasteiger partial charge in [-0.2, -0.15) is 5.10 Å². The Bertz CT molecular complexity index is 435. The molecule has 2 rings (SSSR count). The van der Waals surface area contributed by atoms with Crippen molar-refractivity contribution in [1.82, 2.24) is 15.1 Å². The van der Waals surface area contributed by atoms with Crippen LogP contribution in [-0.2, 0) is 6.42 Å². The zero-order chi connectivity index (χ0) is 15.5. The van der Waals surface area contributed by atoms with E-state index in [1.165, 1.54) is 25.0 Å². The topological polar surface area (TPSA) is 29.9 Å². The Kier molecular flexibility index (Phi) is 5.48. The fourth-order valence-corrected chi connectivity index (χ4v) is 3.86. The zero-order valence-corrected chi connectivity index (χ0v) is 14.5. The summed E-state index contributed by atoms with van der Waals surface area (Å²) in [4.78, 5) is 0. The predicted molar refractivity (Wildman–Crippen MR) is 89.5 cm³/mol. The third kappa shape index (κ3) is 3.88.